The lowest BCUT2D eigenvalue weighted by molar-refractivity contribution is 0.411. The number of rotatable bonds is 5. The maximum Gasteiger partial charge on any atom is 0.126 e. The van der Waals surface area contributed by atoms with Crippen molar-refractivity contribution in [3.63, 3.8) is 0 Å². The van der Waals surface area contributed by atoms with E-state index in [1.165, 1.54) is 6.07 Å². The summed E-state index contributed by atoms with van der Waals surface area (Å²) in [4.78, 5) is 0. The molecular formula is C13H19FO. The fourth-order valence-electron chi connectivity index (χ4n) is 1.69. The van der Waals surface area contributed by atoms with E-state index >= 15 is 0 Å². The lowest BCUT2D eigenvalue weighted by Gasteiger charge is -2.13. The lowest BCUT2D eigenvalue weighted by atomic mass is 9.95. The molecule has 0 aliphatic carbocycles. The van der Waals surface area contributed by atoms with Crippen LogP contribution >= 0.6 is 0 Å². The second kappa shape index (κ2) is 5.74. The van der Waals surface area contributed by atoms with E-state index in [9.17, 15) is 4.39 Å². The molecule has 0 aromatic heterocycles. The molecule has 0 unspecified atom stereocenters. The summed E-state index contributed by atoms with van der Waals surface area (Å²) >= 11 is 0. The quantitative estimate of drug-likeness (QED) is 0.710. The van der Waals surface area contributed by atoms with Crippen LogP contribution in [-0.4, -0.2) is 7.11 Å². The largest absolute Gasteiger partial charge is 0.497 e. The Labute approximate surface area is 91.3 Å². The van der Waals surface area contributed by atoms with Gasteiger partial charge in [0.1, 0.15) is 11.6 Å². The zero-order chi connectivity index (χ0) is 11.3. The van der Waals surface area contributed by atoms with Crippen LogP contribution in [0, 0.1) is 5.82 Å². The predicted molar refractivity (Wildman–Crippen MR) is 60.9 cm³/mol. The van der Waals surface area contributed by atoms with Crippen LogP contribution in [0.4, 0.5) is 4.39 Å². The number of methoxy groups -OCH3 is 1. The number of halogens is 1. The van der Waals surface area contributed by atoms with Crippen molar-refractivity contribution in [2.75, 3.05) is 7.11 Å². The van der Waals surface area contributed by atoms with Crippen molar-refractivity contribution in [3.05, 3.63) is 29.6 Å². The van der Waals surface area contributed by atoms with Gasteiger partial charge < -0.3 is 4.74 Å². The van der Waals surface area contributed by atoms with Gasteiger partial charge in [-0.1, -0.05) is 26.7 Å². The minimum absolute atomic E-state index is 0.126. The van der Waals surface area contributed by atoms with Gasteiger partial charge in [0.2, 0.25) is 0 Å². The second-order valence-corrected chi connectivity index (χ2v) is 3.93. The minimum Gasteiger partial charge on any atom is -0.497 e. The molecule has 0 bridgehead atoms. The normalized spacial score (nSPS) is 12.5. The molecule has 1 nitrogen and oxygen atoms in total. The lowest BCUT2D eigenvalue weighted by Crippen LogP contribution is -1.98. The summed E-state index contributed by atoms with van der Waals surface area (Å²) in [5, 5.41) is 0. The van der Waals surface area contributed by atoms with E-state index < -0.39 is 0 Å². The van der Waals surface area contributed by atoms with E-state index in [0.717, 1.165) is 30.6 Å². The molecular weight excluding hydrogens is 191 g/mol. The molecule has 0 saturated carbocycles. The van der Waals surface area contributed by atoms with Gasteiger partial charge >= 0.3 is 0 Å². The summed E-state index contributed by atoms with van der Waals surface area (Å²) in [5.74, 6) is 0.870. The third-order valence-electron chi connectivity index (χ3n) is 2.72. The first kappa shape index (κ1) is 12.0. The van der Waals surface area contributed by atoms with Crippen molar-refractivity contribution in [3.8, 4) is 5.75 Å². The highest BCUT2D eigenvalue weighted by atomic mass is 19.1. The third-order valence-corrected chi connectivity index (χ3v) is 2.72. The number of ether oxygens (including phenoxy) is 1. The van der Waals surface area contributed by atoms with Gasteiger partial charge in [-0.15, -0.1) is 0 Å². The maximum atomic E-state index is 13.5. The van der Waals surface area contributed by atoms with Gasteiger partial charge in [-0.2, -0.15) is 0 Å². The Balaban J connectivity index is 2.81. The molecule has 1 atom stereocenters. The van der Waals surface area contributed by atoms with Crippen LogP contribution in [0.25, 0.3) is 0 Å². The van der Waals surface area contributed by atoms with Crippen LogP contribution in [0.2, 0.25) is 0 Å². The SMILES string of the molecule is CCCC[C@@H](C)c1cc(OC)ccc1F. The van der Waals surface area contributed by atoms with Crippen LogP contribution in [0.1, 0.15) is 44.6 Å². The maximum absolute atomic E-state index is 13.5. The van der Waals surface area contributed by atoms with Gasteiger partial charge in [-0.3, -0.25) is 0 Å². The minimum atomic E-state index is -0.126. The number of hydrogen-bond acceptors (Lipinski definition) is 1. The summed E-state index contributed by atoms with van der Waals surface area (Å²) in [6, 6.07) is 4.94. The molecule has 0 spiro atoms. The Morgan fingerprint density at radius 1 is 1.40 bits per heavy atom. The average Bonchev–Trinajstić information content (AvgIpc) is 2.26. The zero-order valence-corrected chi connectivity index (χ0v) is 9.72. The molecule has 1 aromatic carbocycles. The van der Waals surface area contributed by atoms with Gasteiger partial charge in [0.25, 0.3) is 0 Å². The Hall–Kier alpha value is -1.05. The van der Waals surface area contributed by atoms with E-state index in [1.807, 2.05) is 0 Å². The summed E-state index contributed by atoms with van der Waals surface area (Å²) < 4.78 is 18.6. The highest BCUT2D eigenvalue weighted by Crippen LogP contribution is 2.27. The van der Waals surface area contributed by atoms with Gasteiger partial charge in [0.05, 0.1) is 7.11 Å². The van der Waals surface area contributed by atoms with E-state index in [1.54, 1.807) is 19.2 Å². The van der Waals surface area contributed by atoms with Crippen LogP contribution in [-0.2, 0) is 0 Å². The zero-order valence-electron chi connectivity index (χ0n) is 9.72. The highest BCUT2D eigenvalue weighted by molar-refractivity contribution is 5.31. The molecule has 2 heteroatoms. The van der Waals surface area contributed by atoms with Gasteiger partial charge in [-0.05, 0) is 36.1 Å². The molecule has 1 rings (SSSR count). The molecule has 0 aliphatic heterocycles. The summed E-state index contributed by atoms with van der Waals surface area (Å²) in [6.07, 6.45) is 3.31. The highest BCUT2D eigenvalue weighted by Gasteiger charge is 2.11. The average molecular weight is 210 g/mol. The summed E-state index contributed by atoms with van der Waals surface area (Å²) in [5.41, 5.74) is 0.766. The fourth-order valence-corrected chi connectivity index (χ4v) is 1.69. The van der Waals surface area contributed by atoms with Crippen molar-refractivity contribution >= 4 is 0 Å². The van der Waals surface area contributed by atoms with Crippen LogP contribution < -0.4 is 4.74 Å². The Bertz CT molecular complexity index is 309. The molecule has 15 heavy (non-hydrogen) atoms. The monoisotopic (exact) mass is 210 g/mol. The topological polar surface area (TPSA) is 9.23 Å². The first-order valence-electron chi connectivity index (χ1n) is 5.52. The van der Waals surface area contributed by atoms with E-state index in [4.69, 9.17) is 4.74 Å². The van der Waals surface area contributed by atoms with E-state index in [2.05, 4.69) is 13.8 Å². The van der Waals surface area contributed by atoms with E-state index in [0.29, 0.717) is 0 Å². The Morgan fingerprint density at radius 2 is 2.13 bits per heavy atom. The predicted octanol–water partition coefficient (Wildman–Crippen LogP) is 4.13. The molecule has 0 amide bonds. The van der Waals surface area contributed by atoms with Gasteiger partial charge in [0, 0.05) is 0 Å². The molecule has 0 heterocycles. The molecule has 0 saturated heterocycles. The van der Waals surface area contributed by atoms with Crippen molar-refractivity contribution in [1.82, 2.24) is 0 Å². The first-order valence-corrected chi connectivity index (χ1v) is 5.52. The third kappa shape index (κ3) is 3.22. The number of hydrogen-bond donors (Lipinski definition) is 0. The molecule has 84 valence electrons. The molecule has 0 fully saturated rings. The molecule has 0 aliphatic rings. The molecule has 0 radical (unpaired) electrons. The van der Waals surface area contributed by atoms with Crippen LogP contribution in [0.3, 0.4) is 0 Å². The summed E-state index contributed by atoms with van der Waals surface area (Å²) in [6.45, 7) is 4.21. The van der Waals surface area contributed by atoms with Crippen molar-refractivity contribution in [2.24, 2.45) is 0 Å². The standard InChI is InChI=1S/C13H19FO/c1-4-5-6-10(2)12-9-11(15-3)7-8-13(12)14/h7-10H,4-6H2,1-3H3/t10-/m1/s1. The Morgan fingerprint density at radius 3 is 2.73 bits per heavy atom. The van der Waals surface area contributed by atoms with Crippen molar-refractivity contribution < 1.29 is 9.13 Å². The van der Waals surface area contributed by atoms with Crippen molar-refractivity contribution in [1.29, 1.82) is 0 Å². The van der Waals surface area contributed by atoms with E-state index in [-0.39, 0.29) is 11.7 Å². The van der Waals surface area contributed by atoms with Crippen LogP contribution in [0.15, 0.2) is 18.2 Å². The second-order valence-electron chi connectivity index (χ2n) is 3.93. The molecule has 1 aromatic rings. The number of benzene rings is 1. The number of unbranched alkanes of at least 4 members (excludes halogenated alkanes) is 1. The summed E-state index contributed by atoms with van der Waals surface area (Å²) in [7, 11) is 1.60. The van der Waals surface area contributed by atoms with Crippen molar-refractivity contribution in [2.45, 2.75) is 39.0 Å². The first-order chi connectivity index (χ1) is 7.19. The van der Waals surface area contributed by atoms with Gasteiger partial charge in [-0.25, -0.2) is 4.39 Å². The Kier molecular flexibility index (Phi) is 4.60. The smallest absolute Gasteiger partial charge is 0.126 e. The fraction of sp³-hybridized carbons (Fsp3) is 0.538. The van der Waals surface area contributed by atoms with Crippen LogP contribution in [0.5, 0.6) is 5.75 Å². The van der Waals surface area contributed by atoms with Gasteiger partial charge in [0.15, 0.2) is 0 Å². The molecule has 0 N–H and O–H groups in total.